The number of anilines is 1. The number of hydrogen-bond acceptors (Lipinski definition) is 7. The quantitative estimate of drug-likeness (QED) is 0.0558. The molecule has 0 spiro atoms. The summed E-state index contributed by atoms with van der Waals surface area (Å²) in [5.74, 6) is -0.488. The minimum atomic E-state index is -0.618. The molecule has 388 valence electrons. The summed E-state index contributed by atoms with van der Waals surface area (Å²) >= 11 is 0. The number of amides is 1. The average Bonchev–Trinajstić information content (AvgIpc) is 3.56. The van der Waals surface area contributed by atoms with Gasteiger partial charge in [-0.15, -0.1) is 0 Å². The summed E-state index contributed by atoms with van der Waals surface area (Å²) in [7, 11) is 0. The molecule has 0 bridgehead atoms. The van der Waals surface area contributed by atoms with Gasteiger partial charge in [0.2, 0.25) is 5.91 Å². The normalized spacial score (nSPS) is 20.3. The first-order chi connectivity index (χ1) is 37.4. The van der Waals surface area contributed by atoms with E-state index in [0.29, 0.717) is 63.5 Å². The zero-order valence-electron chi connectivity index (χ0n) is 42.5. The fraction of sp³-hybridized carbons (Fsp3) is 0.258. The van der Waals surface area contributed by atoms with E-state index < -0.39 is 36.6 Å². The summed E-state index contributed by atoms with van der Waals surface area (Å²) in [6, 6.07) is 68.8. The molecule has 2 aliphatic rings. The minimum absolute atomic E-state index is 0.0473. The van der Waals surface area contributed by atoms with E-state index >= 15 is 0 Å². The molecule has 2 unspecified atom stereocenters. The molecular weight excluding hydrogens is 957 g/mol. The van der Waals surface area contributed by atoms with Crippen molar-refractivity contribution in [1.29, 1.82) is 0 Å². The molecule has 8 aromatic carbocycles. The third-order valence-electron chi connectivity index (χ3n) is 14.3. The molecule has 2 heterocycles. The number of nitrogens with zero attached hydrogens (tertiary/aromatic N) is 1. The number of ether oxygens (including phenoxy) is 6. The second kappa shape index (κ2) is 26.0. The second-order valence-corrected chi connectivity index (χ2v) is 19.6. The van der Waals surface area contributed by atoms with Crippen LogP contribution < -0.4 is 9.64 Å². The first-order valence-corrected chi connectivity index (χ1v) is 26.3. The van der Waals surface area contributed by atoms with Crippen LogP contribution >= 0.6 is 0 Å². The van der Waals surface area contributed by atoms with Gasteiger partial charge in [0.05, 0.1) is 51.1 Å². The Bertz CT molecular complexity index is 3030. The Kier molecular flexibility index (Phi) is 17.8. The lowest BCUT2D eigenvalue weighted by molar-refractivity contribution is -0.272. The first kappa shape index (κ1) is 52.1. The van der Waals surface area contributed by atoms with E-state index in [4.69, 9.17) is 28.4 Å². The third-order valence-corrected chi connectivity index (χ3v) is 14.3. The van der Waals surface area contributed by atoms with Crippen LogP contribution in [-0.4, -0.2) is 43.0 Å². The maximum atomic E-state index is 14.4. The van der Waals surface area contributed by atoms with E-state index in [-0.39, 0.29) is 36.7 Å². The van der Waals surface area contributed by atoms with Gasteiger partial charge < -0.3 is 33.3 Å². The van der Waals surface area contributed by atoms with Crippen molar-refractivity contribution in [3.05, 3.63) is 275 Å². The molecule has 10 rings (SSSR count). The number of carbonyl (C=O) groups excluding carboxylic acids is 1. The Labute approximate surface area is 444 Å². The third kappa shape index (κ3) is 13.6. The van der Waals surface area contributed by atoms with Crippen molar-refractivity contribution in [2.45, 2.75) is 95.3 Å². The van der Waals surface area contributed by atoms with Crippen molar-refractivity contribution in [2.75, 3.05) is 11.5 Å². The van der Waals surface area contributed by atoms with Crippen LogP contribution in [0, 0.1) is 17.6 Å². The molecule has 7 atom stereocenters. The standard InChI is InChI=1S/C66H63F2NO7/c67-54-32-29-47(30-33-54)27-16-28-58-62(69(66(58)70)56-36-34-55(68)35-37-56)57-38-31-53(39-59(57)72-42-49-19-8-2-9-20-49)40-60-63(73-43-50-21-10-3-11-22-50)65(75-45-52-25-14-5-15-26-52)64(74-44-51-23-12-4-13-24-51)61(76-60)46-71-41-48-17-6-1-7-18-48/h1-15,17-26,29-39,58,60-65H,16,27-28,40-46H2/t58-,60+,61?,62-,63?,64-,65+/m1/s1. The van der Waals surface area contributed by atoms with Gasteiger partial charge >= 0.3 is 0 Å². The zero-order valence-corrected chi connectivity index (χ0v) is 42.5. The predicted molar refractivity (Wildman–Crippen MR) is 290 cm³/mol. The Morgan fingerprint density at radius 1 is 0.461 bits per heavy atom. The minimum Gasteiger partial charge on any atom is -0.489 e. The van der Waals surface area contributed by atoms with E-state index in [1.54, 1.807) is 29.2 Å². The number of hydrogen-bond donors (Lipinski definition) is 0. The van der Waals surface area contributed by atoms with Gasteiger partial charge in [-0.2, -0.15) is 0 Å². The van der Waals surface area contributed by atoms with Gasteiger partial charge in [-0.3, -0.25) is 4.79 Å². The summed E-state index contributed by atoms with van der Waals surface area (Å²) < 4.78 is 70.0. The Balaban J connectivity index is 1.01. The van der Waals surface area contributed by atoms with Crippen LogP contribution in [0.25, 0.3) is 0 Å². The lowest BCUT2D eigenvalue weighted by Gasteiger charge is -2.48. The lowest BCUT2D eigenvalue weighted by Crippen LogP contribution is -2.61. The summed E-state index contributed by atoms with van der Waals surface area (Å²) in [5, 5.41) is 0. The molecule has 76 heavy (non-hydrogen) atoms. The summed E-state index contributed by atoms with van der Waals surface area (Å²) in [4.78, 5) is 16.1. The van der Waals surface area contributed by atoms with Crippen LogP contribution in [0.1, 0.15) is 63.4 Å². The summed E-state index contributed by atoms with van der Waals surface area (Å²) in [6.07, 6.45) is -0.569. The van der Waals surface area contributed by atoms with Crippen LogP contribution in [0.4, 0.5) is 14.5 Å². The fourth-order valence-corrected chi connectivity index (χ4v) is 10.3. The van der Waals surface area contributed by atoms with Crippen LogP contribution in [0.15, 0.2) is 218 Å². The molecule has 0 radical (unpaired) electrons. The highest BCUT2D eigenvalue weighted by atomic mass is 19.1. The van der Waals surface area contributed by atoms with Gasteiger partial charge in [0.25, 0.3) is 0 Å². The zero-order chi connectivity index (χ0) is 51.9. The number of aryl methyl sites for hydroxylation is 1. The maximum Gasteiger partial charge on any atom is 0.233 e. The van der Waals surface area contributed by atoms with E-state index in [2.05, 4.69) is 30.3 Å². The van der Waals surface area contributed by atoms with Gasteiger partial charge in [-0.25, -0.2) is 8.78 Å². The first-order valence-electron chi connectivity index (χ1n) is 26.3. The topological polar surface area (TPSA) is 75.7 Å². The number of β-lactam (4-membered cyclic amide) rings is 1. The van der Waals surface area contributed by atoms with Crippen molar-refractivity contribution in [3.63, 3.8) is 0 Å². The Hall–Kier alpha value is -7.31. The van der Waals surface area contributed by atoms with Crippen molar-refractivity contribution in [3.8, 4) is 5.75 Å². The highest BCUT2D eigenvalue weighted by Crippen LogP contribution is 2.49. The molecule has 0 N–H and O–H groups in total. The van der Waals surface area contributed by atoms with Crippen LogP contribution in [0.2, 0.25) is 0 Å². The van der Waals surface area contributed by atoms with Crippen LogP contribution in [-0.2, 0) is 74.4 Å². The van der Waals surface area contributed by atoms with Gasteiger partial charge in [0.1, 0.15) is 48.4 Å². The van der Waals surface area contributed by atoms with Gasteiger partial charge in [-0.1, -0.05) is 176 Å². The lowest BCUT2D eigenvalue weighted by atomic mass is 9.77. The Morgan fingerprint density at radius 2 is 0.921 bits per heavy atom. The SMILES string of the molecule is O=C1[C@H](CCCc2ccc(F)cc2)[C@@H](c2ccc(C[C@@H]3OC(COCc4ccccc4)[C@@H](OCc4ccccc4)[C@@H](OCc4ccccc4)C3OCc3ccccc3)cc2OCc2ccccc2)N1c1ccc(F)cc1. The molecular formula is C66H63F2NO7. The number of benzene rings is 8. The predicted octanol–water partition coefficient (Wildman–Crippen LogP) is 13.6. The highest BCUT2D eigenvalue weighted by molar-refractivity contribution is 6.03. The molecule has 2 saturated heterocycles. The molecule has 0 aliphatic carbocycles. The molecule has 0 saturated carbocycles. The van der Waals surface area contributed by atoms with Crippen molar-refractivity contribution in [2.24, 2.45) is 5.92 Å². The number of carbonyl (C=O) groups is 1. The van der Waals surface area contributed by atoms with E-state index in [1.165, 1.54) is 24.3 Å². The van der Waals surface area contributed by atoms with Gasteiger partial charge in [0.15, 0.2) is 0 Å². The molecule has 0 aromatic heterocycles. The summed E-state index contributed by atoms with van der Waals surface area (Å²) in [5.41, 5.74) is 8.42. The smallest absolute Gasteiger partial charge is 0.233 e. The molecule has 8 aromatic rings. The summed E-state index contributed by atoms with van der Waals surface area (Å²) in [6.45, 7) is 1.83. The largest absolute Gasteiger partial charge is 0.489 e. The number of halogens is 2. The van der Waals surface area contributed by atoms with Gasteiger partial charge in [0, 0.05) is 17.7 Å². The van der Waals surface area contributed by atoms with E-state index in [9.17, 15) is 13.6 Å². The van der Waals surface area contributed by atoms with Crippen molar-refractivity contribution >= 4 is 11.6 Å². The van der Waals surface area contributed by atoms with E-state index in [0.717, 1.165) is 44.5 Å². The molecule has 10 heteroatoms. The molecule has 2 fully saturated rings. The fourth-order valence-electron chi connectivity index (χ4n) is 10.3. The monoisotopic (exact) mass is 1020 g/mol. The van der Waals surface area contributed by atoms with Crippen LogP contribution in [0.5, 0.6) is 5.75 Å². The maximum absolute atomic E-state index is 14.4. The highest BCUT2D eigenvalue weighted by Gasteiger charge is 2.51. The van der Waals surface area contributed by atoms with E-state index in [1.807, 2.05) is 140 Å². The number of rotatable bonds is 24. The Morgan fingerprint density at radius 3 is 1.46 bits per heavy atom. The second-order valence-electron chi connectivity index (χ2n) is 19.6. The molecule has 1 amide bonds. The van der Waals surface area contributed by atoms with Gasteiger partial charge in [-0.05, 0) is 101 Å². The van der Waals surface area contributed by atoms with Crippen molar-refractivity contribution in [1.82, 2.24) is 0 Å². The van der Waals surface area contributed by atoms with Crippen LogP contribution in [0.3, 0.4) is 0 Å². The molecule has 2 aliphatic heterocycles. The van der Waals surface area contributed by atoms with Crippen molar-refractivity contribution < 1.29 is 42.0 Å². The average molecular weight is 1020 g/mol. The molecule has 8 nitrogen and oxygen atoms in total.